The molecule has 0 aromatic heterocycles. The van der Waals surface area contributed by atoms with Crippen LogP contribution in [0.3, 0.4) is 0 Å². The fraction of sp³-hybridized carbons (Fsp3) is 1.00. The van der Waals surface area contributed by atoms with Crippen molar-refractivity contribution in [3.05, 3.63) is 0 Å². The predicted molar refractivity (Wildman–Crippen MR) is 37.9 cm³/mol. The van der Waals surface area contributed by atoms with Crippen LogP contribution in [0.25, 0.3) is 0 Å². The molecular formula is C6H14S. The molecule has 0 nitrogen and oxygen atoms in total. The summed E-state index contributed by atoms with van der Waals surface area (Å²) in [6.45, 7) is 6.56. The van der Waals surface area contributed by atoms with E-state index in [-0.39, 0.29) is 0 Å². The normalized spacial score (nSPS) is 15.0. The van der Waals surface area contributed by atoms with Gasteiger partial charge < -0.3 is 0 Å². The molecule has 0 bridgehead atoms. The van der Waals surface area contributed by atoms with Crippen molar-refractivity contribution in [2.75, 3.05) is 0 Å². The van der Waals surface area contributed by atoms with E-state index in [1.165, 1.54) is 6.42 Å². The summed E-state index contributed by atoms with van der Waals surface area (Å²) in [6, 6.07) is 0. The molecule has 0 aliphatic rings. The zero-order valence-electron chi connectivity index (χ0n) is 5.31. The van der Waals surface area contributed by atoms with E-state index < -0.39 is 0 Å². The molecule has 0 saturated carbocycles. The van der Waals surface area contributed by atoms with E-state index in [1.807, 2.05) is 0 Å². The van der Waals surface area contributed by atoms with Crippen molar-refractivity contribution in [3.8, 4) is 0 Å². The second-order valence-electron chi connectivity index (χ2n) is 2.48. The van der Waals surface area contributed by atoms with Crippen LogP contribution in [0.1, 0.15) is 27.2 Å². The Hall–Kier alpha value is 0.350. The minimum atomic E-state index is 0.569. The summed E-state index contributed by atoms with van der Waals surface area (Å²) >= 11 is 4.24. The number of thiol groups is 1. The van der Waals surface area contributed by atoms with E-state index in [0.717, 1.165) is 5.92 Å². The second kappa shape index (κ2) is 3.36. The van der Waals surface area contributed by atoms with E-state index in [1.54, 1.807) is 0 Å². The zero-order chi connectivity index (χ0) is 5.86. The molecule has 0 aromatic rings. The first kappa shape index (κ1) is 7.35. The molecule has 0 spiro atoms. The van der Waals surface area contributed by atoms with Gasteiger partial charge in [0.05, 0.1) is 0 Å². The van der Waals surface area contributed by atoms with Crippen LogP contribution in [0.5, 0.6) is 0 Å². The molecule has 0 radical (unpaired) electrons. The summed E-state index contributed by atoms with van der Waals surface area (Å²) in [5, 5.41) is 0.569. The Balaban J connectivity index is 2.95. The Morgan fingerprint density at radius 2 is 1.71 bits per heavy atom. The Morgan fingerprint density at radius 1 is 1.29 bits per heavy atom. The van der Waals surface area contributed by atoms with E-state index >= 15 is 0 Å². The van der Waals surface area contributed by atoms with Crippen molar-refractivity contribution in [1.82, 2.24) is 0 Å². The van der Waals surface area contributed by atoms with Gasteiger partial charge in [0, 0.05) is 0 Å². The van der Waals surface area contributed by atoms with Gasteiger partial charge in [-0.2, -0.15) is 12.6 Å². The molecule has 0 amide bonds. The number of hydrogen-bond donors (Lipinski definition) is 1. The van der Waals surface area contributed by atoms with E-state index in [2.05, 4.69) is 33.4 Å². The Labute approximate surface area is 51.7 Å². The Morgan fingerprint density at radius 3 is 1.71 bits per heavy atom. The number of hydrogen-bond acceptors (Lipinski definition) is 1. The third kappa shape index (κ3) is 6.35. The molecule has 0 N–H and O–H groups in total. The van der Waals surface area contributed by atoms with Gasteiger partial charge in [-0.05, 0) is 17.6 Å². The Kier molecular flexibility index (Phi) is 3.53. The average Bonchev–Trinajstić information content (AvgIpc) is 1.27. The SMILES string of the molecule is CC(C)C[C@H](C)S. The molecule has 0 aromatic carbocycles. The van der Waals surface area contributed by atoms with Gasteiger partial charge in [-0.3, -0.25) is 0 Å². The zero-order valence-corrected chi connectivity index (χ0v) is 6.20. The monoisotopic (exact) mass is 118 g/mol. The van der Waals surface area contributed by atoms with Crippen LogP contribution < -0.4 is 0 Å². The quantitative estimate of drug-likeness (QED) is 0.529. The minimum absolute atomic E-state index is 0.569. The van der Waals surface area contributed by atoms with Crippen LogP contribution >= 0.6 is 12.6 Å². The molecule has 44 valence electrons. The fourth-order valence-corrected chi connectivity index (χ4v) is 1.10. The summed E-state index contributed by atoms with van der Waals surface area (Å²) < 4.78 is 0. The Bertz CT molecular complexity index is 33.4. The van der Waals surface area contributed by atoms with Gasteiger partial charge in [-0.1, -0.05) is 20.8 Å². The van der Waals surface area contributed by atoms with Gasteiger partial charge in [0.25, 0.3) is 0 Å². The highest BCUT2D eigenvalue weighted by Crippen LogP contribution is 2.07. The van der Waals surface area contributed by atoms with Crippen LogP contribution in [0, 0.1) is 5.92 Å². The third-order valence-corrected chi connectivity index (χ3v) is 1.02. The molecule has 0 aliphatic carbocycles. The summed E-state index contributed by atoms with van der Waals surface area (Å²) in [4.78, 5) is 0. The first-order valence-electron chi connectivity index (χ1n) is 2.81. The van der Waals surface area contributed by atoms with Crippen molar-refractivity contribution >= 4 is 12.6 Å². The summed E-state index contributed by atoms with van der Waals surface area (Å²) in [6.07, 6.45) is 1.23. The van der Waals surface area contributed by atoms with Crippen molar-refractivity contribution in [1.29, 1.82) is 0 Å². The first-order valence-corrected chi connectivity index (χ1v) is 3.32. The molecule has 0 saturated heterocycles. The molecule has 0 heterocycles. The summed E-state index contributed by atoms with van der Waals surface area (Å²) in [5.41, 5.74) is 0. The third-order valence-electron chi connectivity index (χ3n) is 0.813. The molecule has 1 atom stereocenters. The van der Waals surface area contributed by atoms with Crippen LogP contribution in [0.2, 0.25) is 0 Å². The highest BCUT2D eigenvalue weighted by atomic mass is 32.1. The molecule has 0 rings (SSSR count). The van der Waals surface area contributed by atoms with Crippen molar-refractivity contribution < 1.29 is 0 Å². The van der Waals surface area contributed by atoms with Crippen LogP contribution in [-0.4, -0.2) is 5.25 Å². The average molecular weight is 118 g/mol. The van der Waals surface area contributed by atoms with Crippen LogP contribution in [0.4, 0.5) is 0 Å². The van der Waals surface area contributed by atoms with E-state index in [0.29, 0.717) is 5.25 Å². The molecular weight excluding hydrogens is 104 g/mol. The fourth-order valence-electron chi connectivity index (χ4n) is 0.682. The van der Waals surface area contributed by atoms with Gasteiger partial charge in [-0.25, -0.2) is 0 Å². The van der Waals surface area contributed by atoms with Gasteiger partial charge in [0.2, 0.25) is 0 Å². The summed E-state index contributed by atoms with van der Waals surface area (Å²) in [5.74, 6) is 0.799. The van der Waals surface area contributed by atoms with Crippen molar-refractivity contribution in [3.63, 3.8) is 0 Å². The lowest BCUT2D eigenvalue weighted by Gasteiger charge is -2.04. The first-order chi connectivity index (χ1) is 3.13. The highest BCUT2D eigenvalue weighted by Gasteiger charge is 1.96. The van der Waals surface area contributed by atoms with Crippen LogP contribution in [0.15, 0.2) is 0 Å². The lowest BCUT2D eigenvalue weighted by atomic mass is 10.1. The standard InChI is InChI=1S/C6H14S/c1-5(2)4-6(3)7/h5-7H,4H2,1-3H3/t6-/m0/s1. The maximum Gasteiger partial charge on any atom is -0.000916 e. The topological polar surface area (TPSA) is 0 Å². The molecule has 1 heteroatoms. The molecule has 0 fully saturated rings. The van der Waals surface area contributed by atoms with Gasteiger partial charge in [-0.15, -0.1) is 0 Å². The lowest BCUT2D eigenvalue weighted by Crippen LogP contribution is -1.96. The van der Waals surface area contributed by atoms with Crippen LogP contribution in [-0.2, 0) is 0 Å². The van der Waals surface area contributed by atoms with E-state index in [4.69, 9.17) is 0 Å². The number of rotatable bonds is 2. The predicted octanol–water partition coefficient (Wildman–Crippen LogP) is 2.35. The largest absolute Gasteiger partial charge is 0.176 e. The molecule has 0 unspecified atom stereocenters. The second-order valence-corrected chi connectivity index (χ2v) is 3.36. The smallest absolute Gasteiger partial charge is 0.000916 e. The van der Waals surface area contributed by atoms with Gasteiger partial charge in [0.15, 0.2) is 0 Å². The van der Waals surface area contributed by atoms with Gasteiger partial charge in [0.1, 0.15) is 0 Å². The summed E-state index contributed by atoms with van der Waals surface area (Å²) in [7, 11) is 0. The maximum absolute atomic E-state index is 4.24. The van der Waals surface area contributed by atoms with Gasteiger partial charge >= 0.3 is 0 Å². The maximum atomic E-state index is 4.24. The van der Waals surface area contributed by atoms with Crippen molar-refractivity contribution in [2.24, 2.45) is 5.92 Å². The molecule has 0 aliphatic heterocycles. The van der Waals surface area contributed by atoms with Crippen molar-refractivity contribution in [2.45, 2.75) is 32.4 Å². The highest BCUT2D eigenvalue weighted by molar-refractivity contribution is 7.80. The van der Waals surface area contributed by atoms with E-state index in [9.17, 15) is 0 Å². The molecule has 7 heavy (non-hydrogen) atoms. The minimum Gasteiger partial charge on any atom is -0.176 e. The lowest BCUT2D eigenvalue weighted by molar-refractivity contribution is 0.586.